The minimum atomic E-state index is -3.79. The molecule has 0 spiro atoms. The summed E-state index contributed by atoms with van der Waals surface area (Å²) in [6.07, 6.45) is 0.889. The zero-order valence-corrected chi connectivity index (χ0v) is 18.7. The minimum absolute atomic E-state index is 0.0320. The molecule has 2 N–H and O–H groups in total. The van der Waals surface area contributed by atoms with Gasteiger partial charge in [-0.3, -0.25) is 4.79 Å². The number of carbonyl (C=O) groups is 1. The van der Waals surface area contributed by atoms with Gasteiger partial charge in [0, 0.05) is 12.1 Å². The number of primary sulfonamides is 1. The maximum absolute atomic E-state index is 12.8. The highest BCUT2D eigenvalue weighted by molar-refractivity contribution is 7.99. The first-order valence-electron chi connectivity index (χ1n) is 9.38. The molecule has 0 amide bonds. The highest BCUT2D eigenvalue weighted by Crippen LogP contribution is 2.27. The van der Waals surface area contributed by atoms with Gasteiger partial charge in [0.2, 0.25) is 10.0 Å². The largest absolute Gasteiger partial charge is 0.319 e. The molecule has 3 rings (SSSR count). The monoisotopic (exact) mass is 431 g/mol. The van der Waals surface area contributed by atoms with Gasteiger partial charge in [0.1, 0.15) is 0 Å². The topological polar surface area (TPSA) is 95.0 Å². The fourth-order valence-corrected chi connectivity index (χ4v) is 4.74. The van der Waals surface area contributed by atoms with Crippen molar-refractivity contribution in [2.24, 2.45) is 5.14 Å². The van der Waals surface area contributed by atoms with Gasteiger partial charge in [-0.25, -0.2) is 18.5 Å². The first kappa shape index (κ1) is 21.5. The smallest absolute Gasteiger partial charge is 0.238 e. The highest BCUT2D eigenvalue weighted by Gasteiger charge is 2.17. The Kier molecular flexibility index (Phi) is 6.16. The number of ketones is 1. The quantitative estimate of drug-likeness (QED) is 0.451. The second-order valence-electron chi connectivity index (χ2n) is 7.20. The summed E-state index contributed by atoms with van der Waals surface area (Å²) in [6, 6.07) is 8.67. The Hall–Kier alpha value is -2.16. The molecule has 0 bridgehead atoms. The summed E-state index contributed by atoms with van der Waals surface area (Å²) >= 11 is 1.37. The molecule has 2 aromatic carbocycles. The number of benzene rings is 2. The molecule has 0 saturated heterocycles. The van der Waals surface area contributed by atoms with Gasteiger partial charge in [-0.1, -0.05) is 24.8 Å². The lowest BCUT2D eigenvalue weighted by Crippen LogP contribution is -2.11. The molecule has 0 atom stereocenters. The molecule has 154 valence electrons. The Balaban J connectivity index is 1.92. The van der Waals surface area contributed by atoms with Crippen molar-refractivity contribution in [3.8, 4) is 0 Å². The third-order valence-electron chi connectivity index (χ3n) is 4.93. The summed E-state index contributed by atoms with van der Waals surface area (Å²) in [7, 11) is -3.79. The van der Waals surface area contributed by atoms with E-state index in [1.165, 1.54) is 29.5 Å². The van der Waals surface area contributed by atoms with E-state index in [-0.39, 0.29) is 16.4 Å². The second kappa shape index (κ2) is 8.30. The van der Waals surface area contributed by atoms with Crippen LogP contribution >= 0.6 is 11.8 Å². The van der Waals surface area contributed by atoms with Gasteiger partial charge in [-0.15, -0.1) is 0 Å². The first-order chi connectivity index (χ1) is 13.6. The summed E-state index contributed by atoms with van der Waals surface area (Å²) in [4.78, 5) is 17.4. The van der Waals surface area contributed by atoms with Crippen LogP contribution in [0.1, 0.15) is 40.4 Å². The molecule has 0 aliphatic carbocycles. The van der Waals surface area contributed by atoms with Crippen LogP contribution in [-0.4, -0.2) is 29.5 Å². The lowest BCUT2D eigenvalue weighted by Gasteiger charge is -2.10. The van der Waals surface area contributed by atoms with Gasteiger partial charge in [0.25, 0.3) is 0 Å². The van der Waals surface area contributed by atoms with Crippen LogP contribution in [0, 0.1) is 20.8 Å². The summed E-state index contributed by atoms with van der Waals surface area (Å²) < 4.78 is 25.3. The lowest BCUT2D eigenvalue weighted by atomic mass is 9.99. The average molecular weight is 432 g/mol. The van der Waals surface area contributed by atoms with Crippen LogP contribution in [0.4, 0.5) is 0 Å². The van der Waals surface area contributed by atoms with Crippen molar-refractivity contribution in [1.82, 2.24) is 9.55 Å². The van der Waals surface area contributed by atoms with Crippen LogP contribution < -0.4 is 5.14 Å². The Labute approximate surface area is 175 Å². The standard InChI is InChI=1S/C21H25N3O3S2/c1-5-8-24-19-7-6-16(29(22,26)27)11-18(19)23-21(24)28-12-20(25)17-10-14(3)13(2)9-15(17)4/h6-7,9-11H,5,8,12H2,1-4H3,(H2,22,26,27). The van der Waals surface area contributed by atoms with E-state index in [0.29, 0.717) is 10.7 Å². The van der Waals surface area contributed by atoms with Gasteiger partial charge < -0.3 is 4.57 Å². The number of nitrogens with zero attached hydrogens (tertiary/aromatic N) is 2. The number of sulfonamides is 1. The van der Waals surface area contributed by atoms with Crippen molar-refractivity contribution in [3.05, 3.63) is 52.6 Å². The van der Waals surface area contributed by atoms with Crippen LogP contribution in [-0.2, 0) is 16.6 Å². The highest BCUT2D eigenvalue weighted by atomic mass is 32.2. The summed E-state index contributed by atoms with van der Waals surface area (Å²) in [5, 5.41) is 5.94. The Morgan fingerprint density at radius 3 is 2.45 bits per heavy atom. The third-order valence-corrected chi connectivity index (χ3v) is 6.82. The van der Waals surface area contributed by atoms with E-state index in [0.717, 1.165) is 35.2 Å². The number of Topliss-reactive ketones (excluding diaryl/α,β-unsaturated/α-hetero) is 1. The molecule has 6 nitrogen and oxygen atoms in total. The van der Waals surface area contributed by atoms with Crippen molar-refractivity contribution < 1.29 is 13.2 Å². The molecule has 3 aromatic rings. The number of rotatable bonds is 7. The molecule has 0 fully saturated rings. The third kappa shape index (κ3) is 4.55. The van der Waals surface area contributed by atoms with Crippen molar-refractivity contribution in [2.45, 2.75) is 50.7 Å². The van der Waals surface area contributed by atoms with Crippen LogP contribution in [0.15, 0.2) is 40.4 Å². The fourth-order valence-electron chi connectivity index (χ4n) is 3.28. The van der Waals surface area contributed by atoms with Crippen LogP contribution in [0.3, 0.4) is 0 Å². The number of fused-ring (bicyclic) bond motifs is 1. The van der Waals surface area contributed by atoms with Crippen LogP contribution in [0.2, 0.25) is 0 Å². The Bertz CT molecular complexity index is 1200. The van der Waals surface area contributed by atoms with Gasteiger partial charge in [0.15, 0.2) is 10.9 Å². The summed E-state index contributed by atoms with van der Waals surface area (Å²) in [5.74, 6) is 0.314. The van der Waals surface area contributed by atoms with Gasteiger partial charge in [-0.2, -0.15) is 0 Å². The maximum Gasteiger partial charge on any atom is 0.238 e. The molecule has 8 heteroatoms. The maximum atomic E-state index is 12.8. The normalized spacial score (nSPS) is 11.9. The van der Waals surface area contributed by atoms with Crippen LogP contribution in [0.25, 0.3) is 11.0 Å². The Morgan fingerprint density at radius 1 is 1.10 bits per heavy atom. The Morgan fingerprint density at radius 2 is 1.79 bits per heavy atom. The molecule has 0 saturated carbocycles. The van der Waals surface area contributed by atoms with Crippen molar-refractivity contribution in [2.75, 3.05) is 5.75 Å². The zero-order chi connectivity index (χ0) is 21.3. The SMILES string of the molecule is CCCn1c(SCC(=O)c2cc(C)c(C)cc2C)nc2cc(S(N)(=O)=O)ccc21. The average Bonchev–Trinajstić information content (AvgIpc) is 2.99. The number of hydrogen-bond acceptors (Lipinski definition) is 5. The van der Waals surface area contributed by atoms with E-state index in [1.54, 1.807) is 6.07 Å². The van der Waals surface area contributed by atoms with Gasteiger partial charge in [-0.05, 0) is 68.1 Å². The van der Waals surface area contributed by atoms with Crippen molar-refractivity contribution in [3.63, 3.8) is 0 Å². The number of thioether (sulfide) groups is 1. The fraction of sp³-hybridized carbons (Fsp3) is 0.333. The molecule has 29 heavy (non-hydrogen) atoms. The van der Waals surface area contributed by atoms with E-state index in [1.807, 2.05) is 37.5 Å². The molecule has 1 aromatic heterocycles. The van der Waals surface area contributed by atoms with Gasteiger partial charge >= 0.3 is 0 Å². The molecule has 0 aliphatic heterocycles. The zero-order valence-electron chi connectivity index (χ0n) is 17.0. The van der Waals surface area contributed by atoms with Gasteiger partial charge in [0.05, 0.1) is 21.7 Å². The van der Waals surface area contributed by atoms with E-state index in [9.17, 15) is 13.2 Å². The molecule has 0 unspecified atom stereocenters. The molecule has 1 heterocycles. The number of hydrogen-bond donors (Lipinski definition) is 1. The first-order valence-corrected chi connectivity index (χ1v) is 11.9. The molecular formula is C21H25N3O3S2. The predicted octanol–water partition coefficient (Wildman–Crippen LogP) is 3.99. The number of carbonyl (C=O) groups excluding carboxylic acids is 1. The van der Waals surface area contributed by atoms with E-state index >= 15 is 0 Å². The summed E-state index contributed by atoms with van der Waals surface area (Å²) in [6.45, 7) is 8.77. The van der Waals surface area contributed by atoms with Crippen LogP contribution in [0.5, 0.6) is 0 Å². The molecular weight excluding hydrogens is 406 g/mol. The summed E-state index contributed by atoms with van der Waals surface area (Å²) in [5.41, 5.74) is 5.35. The van der Waals surface area contributed by atoms with E-state index in [4.69, 9.17) is 5.14 Å². The van der Waals surface area contributed by atoms with E-state index < -0.39 is 10.0 Å². The number of imidazole rings is 1. The van der Waals surface area contributed by atoms with E-state index in [2.05, 4.69) is 11.9 Å². The number of nitrogens with two attached hydrogens (primary N) is 1. The number of aromatic nitrogens is 2. The number of aryl methyl sites for hydroxylation is 4. The predicted molar refractivity (Wildman–Crippen MR) is 117 cm³/mol. The molecule has 0 aliphatic rings. The van der Waals surface area contributed by atoms with Crippen molar-refractivity contribution in [1.29, 1.82) is 0 Å². The second-order valence-corrected chi connectivity index (χ2v) is 9.71. The van der Waals surface area contributed by atoms with Crippen molar-refractivity contribution >= 4 is 38.6 Å². The lowest BCUT2D eigenvalue weighted by molar-refractivity contribution is 0.102. The molecule has 0 radical (unpaired) electrons. The minimum Gasteiger partial charge on any atom is -0.319 e.